The maximum absolute atomic E-state index is 6.15. The number of pyridine rings is 1. The van der Waals surface area contributed by atoms with Gasteiger partial charge in [-0.15, -0.1) is 0 Å². The second kappa shape index (κ2) is 10.6. The lowest BCUT2D eigenvalue weighted by Gasteiger charge is -2.24. The minimum Gasteiger partial charge on any atom is -0.359 e. The lowest BCUT2D eigenvalue weighted by molar-refractivity contribution is 0.396. The number of aromatic nitrogens is 1. The van der Waals surface area contributed by atoms with Crippen LogP contribution >= 0.6 is 0 Å². The van der Waals surface area contributed by atoms with Gasteiger partial charge in [-0.05, 0) is 66.3 Å². The summed E-state index contributed by atoms with van der Waals surface area (Å²) >= 11 is 0. The summed E-state index contributed by atoms with van der Waals surface area (Å²) < 4.78 is 0. The first-order valence-corrected chi connectivity index (χ1v) is 11.9. The van der Waals surface area contributed by atoms with E-state index in [0.29, 0.717) is 6.54 Å². The van der Waals surface area contributed by atoms with Gasteiger partial charge in [-0.2, -0.15) is 0 Å². The van der Waals surface area contributed by atoms with Crippen molar-refractivity contribution in [2.45, 2.75) is 50.9 Å². The van der Waals surface area contributed by atoms with E-state index in [2.05, 4.69) is 65.9 Å². The van der Waals surface area contributed by atoms with Gasteiger partial charge in [-0.1, -0.05) is 68.3 Å². The molecule has 1 saturated carbocycles. The molecule has 0 radical (unpaired) electrons. The second-order valence-corrected chi connectivity index (χ2v) is 9.11. The number of hydrogen-bond acceptors (Lipinski definition) is 3. The van der Waals surface area contributed by atoms with Crippen LogP contribution < -0.4 is 11.1 Å². The quantitative estimate of drug-likeness (QED) is 0.364. The third-order valence-electron chi connectivity index (χ3n) is 6.90. The molecule has 4 rings (SSSR count). The Bertz CT molecular complexity index is 1060. The summed E-state index contributed by atoms with van der Waals surface area (Å²) in [5.41, 5.74) is 12.1. The van der Waals surface area contributed by atoms with Crippen molar-refractivity contribution in [2.75, 3.05) is 11.9 Å². The van der Waals surface area contributed by atoms with Crippen molar-refractivity contribution in [2.24, 2.45) is 11.7 Å². The topological polar surface area (TPSA) is 50.9 Å². The Morgan fingerprint density at radius 1 is 1.00 bits per heavy atom. The Hall–Kier alpha value is -2.91. The van der Waals surface area contributed by atoms with Gasteiger partial charge in [0.2, 0.25) is 0 Å². The monoisotopic (exact) mass is 425 g/mol. The highest BCUT2D eigenvalue weighted by atomic mass is 14.9. The number of nitrogens with two attached hydrogens (primary N) is 1. The summed E-state index contributed by atoms with van der Waals surface area (Å²) in [4.78, 5) is 4.18. The summed E-state index contributed by atoms with van der Waals surface area (Å²) in [5.74, 6) is 0.805. The van der Waals surface area contributed by atoms with Gasteiger partial charge >= 0.3 is 0 Å². The van der Waals surface area contributed by atoms with Crippen molar-refractivity contribution in [1.29, 1.82) is 0 Å². The predicted molar refractivity (Wildman–Crippen MR) is 137 cm³/mol. The van der Waals surface area contributed by atoms with E-state index in [1.807, 2.05) is 18.5 Å². The molecule has 1 aliphatic rings. The van der Waals surface area contributed by atoms with Crippen LogP contribution in [-0.2, 0) is 6.42 Å². The SMILES string of the molecule is C=C(CCc1ccc(C(CN)C(=C)Nc2ccc3cnccc3c2)cc1)C1CCCCC1. The highest BCUT2D eigenvalue weighted by molar-refractivity contribution is 5.85. The smallest absolute Gasteiger partial charge is 0.0388 e. The molecule has 1 fully saturated rings. The summed E-state index contributed by atoms with van der Waals surface area (Å²) in [6, 6.07) is 17.2. The van der Waals surface area contributed by atoms with Gasteiger partial charge < -0.3 is 11.1 Å². The lowest BCUT2D eigenvalue weighted by Crippen LogP contribution is -2.18. The summed E-state index contributed by atoms with van der Waals surface area (Å²) in [7, 11) is 0. The number of anilines is 1. The largest absolute Gasteiger partial charge is 0.359 e. The van der Waals surface area contributed by atoms with Gasteiger partial charge in [-0.25, -0.2) is 0 Å². The third-order valence-corrected chi connectivity index (χ3v) is 6.90. The molecule has 166 valence electrons. The van der Waals surface area contributed by atoms with Crippen LogP contribution in [0.2, 0.25) is 0 Å². The number of allylic oxidation sites excluding steroid dienone is 1. The van der Waals surface area contributed by atoms with Crippen LogP contribution in [0.1, 0.15) is 55.6 Å². The van der Waals surface area contributed by atoms with Crippen molar-refractivity contribution >= 4 is 16.5 Å². The van der Waals surface area contributed by atoms with E-state index >= 15 is 0 Å². The molecule has 3 nitrogen and oxygen atoms in total. The molecule has 0 bridgehead atoms. The first kappa shape index (κ1) is 22.3. The summed E-state index contributed by atoms with van der Waals surface area (Å²) in [6.07, 6.45) is 12.6. The van der Waals surface area contributed by atoms with Crippen molar-refractivity contribution in [1.82, 2.24) is 4.98 Å². The molecule has 3 heteroatoms. The molecule has 3 N–H and O–H groups in total. The van der Waals surface area contributed by atoms with Crippen molar-refractivity contribution in [3.05, 3.63) is 96.5 Å². The minimum absolute atomic E-state index is 0.0643. The van der Waals surface area contributed by atoms with Crippen LogP contribution in [0.5, 0.6) is 0 Å². The standard InChI is InChI=1S/C29H35N3/c1-21(24-6-4-3-5-7-24)8-9-23-10-12-25(13-11-23)29(19-30)22(2)32-28-15-14-27-20-31-17-16-26(27)18-28/h10-18,20,24,29,32H,1-9,19,30H2. The molecule has 0 amide bonds. The van der Waals surface area contributed by atoms with E-state index in [-0.39, 0.29) is 5.92 Å². The number of nitrogens with zero attached hydrogens (tertiary/aromatic N) is 1. The molecule has 1 aliphatic carbocycles. The van der Waals surface area contributed by atoms with Gasteiger partial charge in [-0.3, -0.25) is 4.98 Å². The van der Waals surface area contributed by atoms with Crippen LogP contribution in [0.3, 0.4) is 0 Å². The number of rotatable bonds is 9. The maximum Gasteiger partial charge on any atom is 0.0388 e. The molecule has 1 aromatic heterocycles. The van der Waals surface area contributed by atoms with Crippen LogP contribution in [0, 0.1) is 5.92 Å². The number of hydrogen-bond donors (Lipinski definition) is 2. The van der Waals surface area contributed by atoms with E-state index < -0.39 is 0 Å². The molecule has 0 spiro atoms. The fourth-order valence-electron chi connectivity index (χ4n) is 4.85. The maximum atomic E-state index is 6.15. The molecule has 0 saturated heterocycles. The molecular weight excluding hydrogens is 390 g/mol. The van der Waals surface area contributed by atoms with Crippen molar-refractivity contribution < 1.29 is 0 Å². The predicted octanol–water partition coefficient (Wildman–Crippen LogP) is 6.97. The van der Waals surface area contributed by atoms with Crippen LogP contribution in [0.25, 0.3) is 10.8 Å². The number of nitrogens with one attached hydrogen (secondary N) is 1. The zero-order chi connectivity index (χ0) is 22.3. The molecule has 0 aliphatic heterocycles. The van der Waals surface area contributed by atoms with Gasteiger partial charge in [0.05, 0.1) is 0 Å². The normalized spacial score (nSPS) is 15.4. The van der Waals surface area contributed by atoms with E-state index in [1.165, 1.54) is 48.8 Å². The van der Waals surface area contributed by atoms with E-state index in [1.54, 1.807) is 0 Å². The van der Waals surface area contributed by atoms with Crippen LogP contribution in [0.4, 0.5) is 5.69 Å². The summed E-state index contributed by atoms with van der Waals surface area (Å²) in [6.45, 7) is 9.21. The van der Waals surface area contributed by atoms with Crippen LogP contribution in [-0.4, -0.2) is 11.5 Å². The lowest BCUT2D eigenvalue weighted by atomic mass is 9.82. The number of fused-ring (bicyclic) bond motifs is 1. The first-order chi connectivity index (χ1) is 15.6. The average Bonchev–Trinajstić information content (AvgIpc) is 2.84. The highest BCUT2D eigenvalue weighted by Gasteiger charge is 2.17. The highest BCUT2D eigenvalue weighted by Crippen LogP contribution is 2.31. The Balaban J connectivity index is 1.36. The van der Waals surface area contributed by atoms with Gasteiger partial charge in [0, 0.05) is 41.6 Å². The fourth-order valence-corrected chi connectivity index (χ4v) is 4.85. The fraction of sp³-hybridized carbons (Fsp3) is 0.345. The third kappa shape index (κ3) is 5.46. The zero-order valence-electron chi connectivity index (χ0n) is 19.0. The molecule has 32 heavy (non-hydrogen) atoms. The molecule has 3 aromatic rings. The Morgan fingerprint density at radius 3 is 2.53 bits per heavy atom. The van der Waals surface area contributed by atoms with Gasteiger partial charge in [0.15, 0.2) is 0 Å². The summed E-state index contributed by atoms with van der Waals surface area (Å²) in [5, 5.41) is 5.75. The minimum atomic E-state index is 0.0643. The second-order valence-electron chi connectivity index (χ2n) is 9.11. The van der Waals surface area contributed by atoms with Gasteiger partial charge in [0.1, 0.15) is 0 Å². The average molecular weight is 426 g/mol. The molecule has 1 unspecified atom stereocenters. The van der Waals surface area contributed by atoms with E-state index in [0.717, 1.165) is 40.9 Å². The Kier molecular flexibility index (Phi) is 7.39. The molecule has 1 heterocycles. The molecule has 1 atom stereocenters. The molecular formula is C29H35N3. The van der Waals surface area contributed by atoms with E-state index in [4.69, 9.17) is 5.73 Å². The Labute approximate surface area is 192 Å². The first-order valence-electron chi connectivity index (χ1n) is 11.9. The molecule has 2 aromatic carbocycles. The zero-order valence-corrected chi connectivity index (χ0v) is 19.0. The van der Waals surface area contributed by atoms with Crippen molar-refractivity contribution in [3.8, 4) is 0 Å². The van der Waals surface area contributed by atoms with Crippen LogP contribution in [0.15, 0.2) is 85.4 Å². The Morgan fingerprint density at radius 2 is 1.78 bits per heavy atom. The van der Waals surface area contributed by atoms with E-state index in [9.17, 15) is 0 Å². The number of aryl methyl sites for hydroxylation is 1. The number of benzene rings is 2. The van der Waals surface area contributed by atoms with Gasteiger partial charge in [0.25, 0.3) is 0 Å². The van der Waals surface area contributed by atoms with Crippen molar-refractivity contribution in [3.63, 3.8) is 0 Å².